The summed E-state index contributed by atoms with van der Waals surface area (Å²) in [4.78, 5) is 0. The maximum Gasteiger partial charge on any atom is 0.122 e. The van der Waals surface area contributed by atoms with Crippen molar-refractivity contribution in [2.24, 2.45) is 5.92 Å². The molecule has 2 nitrogen and oxygen atoms in total. The Morgan fingerprint density at radius 2 is 2.06 bits per heavy atom. The number of rotatable bonds is 6. The molecule has 0 aliphatic carbocycles. The van der Waals surface area contributed by atoms with Crippen molar-refractivity contribution in [2.45, 2.75) is 39.7 Å². The van der Waals surface area contributed by atoms with Crippen LogP contribution >= 0.6 is 0 Å². The van der Waals surface area contributed by atoms with Crippen LogP contribution in [0.1, 0.15) is 31.4 Å². The molecule has 1 rings (SSSR count). The smallest absolute Gasteiger partial charge is 0.122 e. The zero-order valence-electron chi connectivity index (χ0n) is 11.7. The molecule has 0 aliphatic rings. The molecule has 0 heterocycles. The van der Waals surface area contributed by atoms with Gasteiger partial charge in [0.25, 0.3) is 0 Å². The number of aryl methyl sites for hydroxylation is 1. The number of ether oxygens (including phenoxy) is 1. The van der Waals surface area contributed by atoms with Crippen molar-refractivity contribution in [1.82, 2.24) is 5.32 Å². The van der Waals surface area contributed by atoms with E-state index in [0.717, 1.165) is 12.2 Å². The Labute approximate surface area is 105 Å². The molecule has 96 valence electrons. The van der Waals surface area contributed by atoms with Crippen LogP contribution in [0.2, 0.25) is 0 Å². The third-order valence-electron chi connectivity index (χ3n) is 3.58. The Hall–Kier alpha value is -1.02. The molecule has 0 amide bonds. The van der Waals surface area contributed by atoms with Gasteiger partial charge >= 0.3 is 0 Å². The van der Waals surface area contributed by atoms with Crippen molar-refractivity contribution in [1.29, 1.82) is 0 Å². The van der Waals surface area contributed by atoms with E-state index < -0.39 is 0 Å². The average Bonchev–Trinajstić information content (AvgIpc) is 2.35. The Bertz CT molecular complexity index is 349. The minimum absolute atomic E-state index is 0.510. The number of benzene rings is 1. The van der Waals surface area contributed by atoms with Crippen LogP contribution in [0.3, 0.4) is 0 Å². The van der Waals surface area contributed by atoms with E-state index in [1.165, 1.54) is 17.5 Å². The Morgan fingerprint density at radius 1 is 1.35 bits per heavy atom. The van der Waals surface area contributed by atoms with Crippen LogP contribution in [-0.4, -0.2) is 20.2 Å². The molecule has 0 aromatic heterocycles. The molecule has 0 saturated heterocycles. The maximum absolute atomic E-state index is 5.43. The molecule has 2 heteroatoms. The van der Waals surface area contributed by atoms with Crippen molar-refractivity contribution < 1.29 is 4.74 Å². The summed E-state index contributed by atoms with van der Waals surface area (Å²) in [6, 6.07) is 6.90. The van der Waals surface area contributed by atoms with Gasteiger partial charge in [0.15, 0.2) is 0 Å². The van der Waals surface area contributed by atoms with Crippen molar-refractivity contribution in [3.63, 3.8) is 0 Å². The lowest BCUT2D eigenvalue weighted by molar-refractivity contribution is 0.372. The van der Waals surface area contributed by atoms with Crippen LogP contribution in [0, 0.1) is 12.8 Å². The van der Waals surface area contributed by atoms with E-state index in [2.05, 4.69) is 44.3 Å². The van der Waals surface area contributed by atoms with Gasteiger partial charge < -0.3 is 10.1 Å². The topological polar surface area (TPSA) is 21.3 Å². The fraction of sp³-hybridized carbons (Fsp3) is 0.600. The van der Waals surface area contributed by atoms with Crippen molar-refractivity contribution in [2.75, 3.05) is 14.2 Å². The fourth-order valence-electron chi connectivity index (χ4n) is 2.18. The molecule has 0 saturated carbocycles. The molecular weight excluding hydrogens is 210 g/mol. The summed E-state index contributed by atoms with van der Waals surface area (Å²) in [6.45, 7) is 6.66. The van der Waals surface area contributed by atoms with E-state index in [1.54, 1.807) is 7.11 Å². The summed E-state index contributed by atoms with van der Waals surface area (Å²) in [5, 5.41) is 3.42. The second-order valence-electron chi connectivity index (χ2n) is 4.80. The fourth-order valence-corrected chi connectivity index (χ4v) is 2.18. The minimum atomic E-state index is 0.510. The third kappa shape index (κ3) is 3.74. The Balaban J connectivity index is 2.88. The number of methoxy groups -OCH3 is 1. The van der Waals surface area contributed by atoms with E-state index in [9.17, 15) is 0 Å². The minimum Gasteiger partial charge on any atom is -0.496 e. The summed E-state index contributed by atoms with van der Waals surface area (Å²) in [7, 11) is 3.78. The van der Waals surface area contributed by atoms with Crippen LogP contribution < -0.4 is 10.1 Å². The van der Waals surface area contributed by atoms with Gasteiger partial charge in [-0.05, 0) is 37.9 Å². The van der Waals surface area contributed by atoms with Crippen molar-refractivity contribution in [3.8, 4) is 5.75 Å². The average molecular weight is 235 g/mol. The summed E-state index contributed by atoms with van der Waals surface area (Å²) in [5.74, 6) is 1.67. The molecule has 0 radical (unpaired) electrons. The van der Waals surface area contributed by atoms with E-state index >= 15 is 0 Å². The molecule has 1 aromatic carbocycles. The summed E-state index contributed by atoms with van der Waals surface area (Å²) < 4.78 is 5.43. The summed E-state index contributed by atoms with van der Waals surface area (Å²) >= 11 is 0. The maximum atomic E-state index is 5.43. The van der Waals surface area contributed by atoms with Crippen LogP contribution in [0.25, 0.3) is 0 Å². The number of likely N-dealkylation sites (N-methyl/N-ethyl adjacent to an activating group) is 1. The van der Waals surface area contributed by atoms with Gasteiger partial charge in [0.05, 0.1) is 7.11 Å². The van der Waals surface area contributed by atoms with Gasteiger partial charge in [-0.2, -0.15) is 0 Å². The van der Waals surface area contributed by atoms with Gasteiger partial charge in [0, 0.05) is 6.04 Å². The predicted molar refractivity (Wildman–Crippen MR) is 73.7 cm³/mol. The molecule has 17 heavy (non-hydrogen) atoms. The largest absolute Gasteiger partial charge is 0.496 e. The van der Waals surface area contributed by atoms with Crippen LogP contribution in [-0.2, 0) is 6.42 Å². The van der Waals surface area contributed by atoms with E-state index in [-0.39, 0.29) is 0 Å². The van der Waals surface area contributed by atoms with Gasteiger partial charge in [0.2, 0.25) is 0 Å². The molecule has 2 unspecified atom stereocenters. The molecule has 0 fully saturated rings. The van der Waals surface area contributed by atoms with Gasteiger partial charge in [-0.25, -0.2) is 0 Å². The number of hydrogen-bond acceptors (Lipinski definition) is 2. The molecule has 0 aliphatic heterocycles. The normalized spacial score (nSPS) is 14.4. The lowest BCUT2D eigenvalue weighted by Crippen LogP contribution is -2.34. The highest BCUT2D eigenvalue weighted by molar-refractivity contribution is 5.37. The van der Waals surface area contributed by atoms with Gasteiger partial charge in [-0.3, -0.25) is 0 Å². The molecular formula is C15H25NO. The number of hydrogen-bond donors (Lipinski definition) is 1. The highest BCUT2D eigenvalue weighted by Crippen LogP contribution is 2.23. The second-order valence-corrected chi connectivity index (χ2v) is 4.80. The molecule has 1 N–H and O–H groups in total. The standard InChI is InChI=1S/C15H25NO/c1-6-12(3)14(16-4)10-13-9-11(2)7-8-15(13)17-5/h7-9,12,14,16H,6,10H2,1-5H3. The quantitative estimate of drug-likeness (QED) is 0.817. The van der Waals surface area contributed by atoms with Gasteiger partial charge in [0.1, 0.15) is 5.75 Å². The van der Waals surface area contributed by atoms with Gasteiger partial charge in [-0.1, -0.05) is 38.0 Å². The summed E-state index contributed by atoms with van der Waals surface area (Å²) in [5.41, 5.74) is 2.59. The molecule has 1 aromatic rings. The first-order valence-electron chi connectivity index (χ1n) is 6.43. The lowest BCUT2D eigenvalue weighted by atomic mass is 9.92. The first kappa shape index (κ1) is 14.0. The third-order valence-corrected chi connectivity index (χ3v) is 3.58. The first-order chi connectivity index (χ1) is 8.12. The second kappa shape index (κ2) is 6.65. The van der Waals surface area contributed by atoms with Crippen LogP contribution in [0.15, 0.2) is 18.2 Å². The zero-order valence-corrected chi connectivity index (χ0v) is 11.7. The highest BCUT2D eigenvalue weighted by atomic mass is 16.5. The molecule has 0 spiro atoms. The zero-order chi connectivity index (χ0) is 12.8. The lowest BCUT2D eigenvalue weighted by Gasteiger charge is -2.23. The molecule has 0 bridgehead atoms. The summed E-state index contributed by atoms with van der Waals surface area (Å²) in [6.07, 6.45) is 2.22. The Kier molecular flexibility index (Phi) is 5.49. The van der Waals surface area contributed by atoms with Crippen LogP contribution in [0.4, 0.5) is 0 Å². The first-order valence-corrected chi connectivity index (χ1v) is 6.43. The SMILES string of the molecule is CCC(C)C(Cc1cc(C)ccc1OC)NC. The van der Waals surface area contributed by atoms with Crippen LogP contribution in [0.5, 0.6) is 5.75 Å². The number of nitrogens with one attached hydrogen (secondary N) is 1. The van der Waals surface area contributed by atoms with E-state index in [1.807, 2.05) is 7.05 Å². The van der Waals surface area contributed by atoms with Crippen molar-refractivity contribution >= 4 is 0 Å². The van der Waals surface area contributed by atoms with Crippen molar-refractivity contribution in [3.05, 3.63) is 29.3 Å². The predicted octanol–water partition coefficient (Wildman–Crippen LogP) is 3.18. The van der Waals surface area contributed by atoms with Gasteiger partial charge in [-0.15, -0.1) is 0 Å². The van der Waals surface area contributed by atoms with E-state index in [4.69, 9.17) is 4.74 Å². The monoisotopic (exact) mass is 235 g/mol. The molecule has 2 atom stereocenters. The van der Waals surface area contributed by atoms with E-state index in [0.29, 0.717) is 12.0 Å². The Morgan fingerprint density at radius 3 is 2.59 bits per heavy atom. The highest BCUT2D eigenvalue weighted by Gasteiger charge is 2.16.